The van der Waals surface area contributed by atoms with Crippen LogP contribution < -0.4 is 9.47 Å². The van der Waals surface area contributed by atoms with E-state index in [1.165, 1.54) is 0 Å². The number of para-hydroxylation sites is 1. The lowest BCUT2D eigenvalue weighted by atomic mass is 10.2. The number of hydrogen-bond acceptors (Lipinski definition) is 3. The van der Waals surface area contributed by atoms with Crippen LogP contribution in [0.4, 0.5) is 0 Å². The van der Waals surface area contributed by atoms with Crippen LogP contribution in [-0.4, -0.2) is 18.3 Å². The third-order valence-electron chi connectivity index (χ3n) is 2.96. The van der Waals surface area contributed by atoms with Gasteiger partial charge in [-0.2, -0.15) is 0 Å². The van der Waals surface area contributed by atoms with E-state index < -0.39 is 0 Å². The largest absolute Gasteiger partial charge is 0.490 e. The molecule has 21 heavy (non-hydrogen) atoms. The Morgan fingerprint density at radius 3 is 2.52 bits per heavy atom. The summed E-state index contributed by atoms with van der Waals surface area (Å²) in [6, 6.07) is 15.6. The predicted octanol–water partition coefficient (Wildman–Crippen LogP) is 3.67. The molecule has 3 nitrogen and oxygen atoms in total. The maximum absolute atomic E-state index is 9.39. The molecule has 0 heterocycles. The first-order valence-corrected chi connectivity index (χ1v) is 7.05. The van der Waals surface area contributed by atoms with Crippen LogP contribution in [0, 0.1) is 0 Å². The molecule has 0 fully saturated rings. The Bertz CT molecular complexity index is 576. The Morgan fingerprint density at radius 2 is 1.81 bits per heavy atom. The molecule has 0 aliphatic rings. The molecule has 0 saturated carbocycles. The molecule has 2 rings (SSSR count). The number of ether oxygens (including phenoxy) is 2. The Balaban J connectivity index is 2.03. The van der Waals surface area contributed by atoms with E-state index in [1.807, 2.05) is 67.6 Å². The van der Waals surface area contributed by atoms with Crippen LogP contribution >= 0.6 is 0 Å². The van der Waals surface area contributed by atoms with Gasteiger partial charge < -0.3 is 14.6 Å². The molecule has 2 aromatic carbocycles. The van der Waals surface area contributed by atoms with Gasteiger partial charge in [-0.1, -0.05) is 48.5 Å². The molecular formula is C18H20O3. The van der Waals surface area contributed by atoms with Crippen LogP contribution in [0.1, 0.15) is 18.1 Å². The number of benzene rings is 2. The molecule has 0 aliphatic carbocycles. The average molecular weight is 284 g/mol. The molecule has 110 valence electrons. The molecule has 0 radical (unpaired) electrons. The fourth-order valence-corrected chi connectivity index (χ4v) is 2.00. The highest BCUT2D eigenvalue weighted by Crippen LogP contribution is 2.31. The van der Waals surface area contributed by atoms with Crippen molar-refractivity contribution in [3.63, 3.8) is 0 Å². The smallest absolute Gasteiger partial charge is 0.167 e. The second-order valence-corrected chi connectivity index (χ2v) is 4.46. The molecule has 0 saturated heterocycles. The standard InChI is InChI=1S/C18H20O3/c1-2-20-17-12-6-11-16(14-19)18(17)21-13-7-10-15-8-4-3-5-9-15/h3-12,19H,2,13-14H2,1H3/b10-7+. The van der Waals surface area contributed by atoms with Crippen molar-refractivity contribution in [2.24, 2.45) is 0 Å². The summed E-state index contributed by atoms with van der Waals surface area (Å²) in [6.45, 7) is 2.83. The fraction of sp³-hybridized carbons (Fsp3) is 0.222. The minimum Gasteiger partial charge on any atom is -0.490 e. The van der Waals surface area contributed by atoms with Gasteiger partial charge >= 0.3 is 0 Å². The summed E-state index contributed by atoms with van der Waals surface area (Å²) >= 11 is 0. The fourth-order valence-electron chi connectivity index (χ4n) is 2.00. The maximum atomic E-state index is 9.39. The summed E-state index contributed by atoms with van der Waals surface area (Å²) in [6.07, 6.45) is 3.95. The van der Waals surface area contributed by atoms with E-state index >= 15 is 0 Å². The monoisotopic (exact) mass is 284 g/mol. The summed E-state index contributed by atoms with van der Waals surface area (Å²) in [5.74, 6) is 1.27. The van der Waals surface area contributed by atoms with E-state index in [0.29, 0.717) is 24.7 Å². The summed E-state index contributed by atoms with van der Waals surface area (Å²) in [4.78, 5) is 0. The lowest BCUT2D eigenvalue weighted by molar-refractivity contribution is 0.259. The predicted molar refractivity (Wildman–Crippen MR) is 84.5 cm³/mol. The van der Waals surface area contributed by atoms with E-state index in [9.17, 15) is 5.11 Å². The maximum Gasteiger partial charge on any atom is 0.167 e. The van der Waals surface area contributed by atoms with Gasteiger partial charge in [0.1, 0.15) is 6.61 Å². The highest BCUT2D eigenvalue weighted by molar-refractivity contribution is 5.49. The lowest BCUT2D eigenvalue weighted by Crippen LogP contribution is -2.02. The molecule has 0 spiro atoms. The molecule has 0 atom stereocenters. The van der Waals surface area contributed by atoms with E-state index in [1.54, 1.807) is 0 Å². The van der Waals surface area contributed by atoms with Crippen LogP contribution in [0.2, 0.25) is 0 Å². The summed E-state index contributed by atoms with van der Waals surface area (Å²) < 4.78 is 11.3. The quantitative estimate of drug-likeness (QED) is 0.843. The van der Waals surface area contributed by atoms with Crippen molar-refractivity contribution in [2.75, 3.05) is 13.2 Å². The number of aliphatic hydroxyl groups is 1. The van der Waals surface area contributed by atoms with Gasteiger partial charge in [-0.05, 0) is 24.6 Å². The summed E-state index contributed by atoms with van der Waals surface area (Å²) in [5, 5.41) is 9.39. The summed E-state index contributed by atoms with van der Waals surface area (Å²) in [5.41, 5.74) is 1.86. The van der Waals surface area contributed by atoms with Gasteiger partial charge in [0.25, 0.3) is 0 Å². The van der Waals surface area contributed by atoms with E-state index in [2.05, 4.69) is 0 Å². The second-order valence-electron chi connectivity index (χ2n) is 4.46. The Kier molecular flexibility index (Phi) is 5.85. The van der Waals surface area contributed by atoms with Crippen molar-refractivity contribution in [1.29, 1.82) is 0 Å². The van der Waals surface area contributed by atoms with Crippen molar-refractivity contribution in [3.05, 3.63) is 65.7 Å². The van der Waals surface area contributed by atoms with Gasteiger partial charge in [-0.15, -0.1) is 0 Å². The zero-order chi connectivity index (χ0) is 14.9. The van der Waals surface area contributed by atoms with Crippen molar-refractivity contribution in [2.45, 2.75) is 13.5 Å². The highest BCUT2D eigenvalue weighted by Gasteiger charge is 2.09. The molecule has 0 amide bonds. The van der Waals surface area contributed by atoms with Crippen molar-refractivity contribution < 1.29 is 14.6 Å². The first kappa shape index (κ1) is 15.1. The lowest BCUT2D eigenvalue weighted by Gasteiger charge is -2.13. The molecule has 0 aromatic heterocycles. The topological polar surface area (TPSA) is 38.7 Å². The van der Waals surface area contributed by atoms with Crippen LogP contribution in [0.15, 0.2) is 54.6 Å². The molecular weight excluding hydrogens is 264 g/mol. The normalized spacial score (nSPS) is 10.8. The SMILES string of the molecule is CCOc1cccc(CO)c1OC/C=C/c1ccccc1. The van der Waals surface area contributed by atoms with E-state index in [0.717, 1.165) is 11.1 Å². The third-order valence-corrected chi connectivity index (χ3v) is 2.96. The first-order valence-electron chi connectivity index (χ1n) is 7.05. The van der Waals surface area contributed by atoms with Gasteiger partial charge in [0.2, 0.25) is 0 Å². The second kappa shape index (κ2) is 8.12. The average Bonchev–Trinajstić information content (AvgIpc) is 2.53. The Labute approximate surface area is 125 Å². The summed E-state index contributed by atoms with van der Waals surface area (Å²) in [7, 11) is 0. The molecule has 0 unspecified atom stereocenters. The number of hydrogen-bond donors (Lipinski definition) is 1. The van der Waals surface area contributed by atoms with Gasteiger partial charge in [0, 0.05) is 5.56 Å². The Morgan fingerprint density at radius 1 is 1.00 bits per heavy atom. The zero-order valence-electron chi connectivity index (χ0n) is 12.2. The van der Waals surface area contributed by atoms with E-state index in [-0.39, 0.29) is 6.61 Å². The highest BCUT2D eigenvalue weighted by atomic mass is 16.5. The van der Waals surface area contributed by atoms with E-state index in [4.69, 9.17) is 9.47 Å². The molecule has 2 aromatic rings. The third kappa shape index (κ3) is 4.36. The van der Waals surface area contributed by atoms with Gasteiger partial charge in [0.05, 0.1) is 13.2 Å². The number of rotatable bonds is 7. The first-order chi connectivity index (χ1) is 10.3. The van der Waals surface area contributed by atoms with Gasteiger partial charge in [0.15, 0.2) is 11.5 Å². The molecule has 1 N–H and O–H groups in total. The van der Waals surface area contributed by atoms with Crippen LogP contribution in [-0.2, 0) is 6.61 Å². The van der Waals surface area contributed by atoms with Gasteiger partial charge in [-0.25, -0.2) is 0 Å². The minimum atomic E-state index is -0.0708. The Hall–Kier alpha value is -2.26. The minimum absolute atomic E-state index is 0.0708. The zero-order valence-corrected chi connectivity index (χ0v) is 12.2. The molecule has 0 bridgehead atoms. The van der Waals surface area contributed by atoms with Crippen molar-refractivity contribution in [1.82, 2.24) is 0 Å². The van der Waals surface area contributed by atoms with Crippen molar-refractivity contribution >= 4 is 6.08 Å². The van der Waals surface area contributed by atoms with Crippen LogP contribution in [0.5, 0.6) is 11.5 Å². The van der Waals surface area contributed by atoms with Crippen LogP contribution in [0.3, 0.4) is 0 Å². The number of aliphatic hydroxyl groups excluding tert-OH is 1. The van der Waals surface area contributed by atoms with Crippen molar-refractivity contribution in [3.8, 4) is 11.5 Å². The van der Waals surface area contributed by atoms with Crippen LogP contribution in [0.25, 0.3) is 6.08 Å². The molecule has 3 heteroatoms. The molecule has 0 aliphatic heterocycles. The van der Waals surface area contributed by atoms with Gasteiger partial charge in [-0.3, -0.25) is 0 Å².